The molecule has 144 valence electrons. The van der Waals surface area contributed by atoms with E-state index in [1.807, 2.05) is 37.3 Å². The minimum Gasteiger partial charge on any atom is -0.383 e. The first kappa shape index (κ1) is 18.0. The number of anilines is 2. The summed E-state index contributed by atoms with van der Waals surface area (Å²) in [5.41, 5.74) is 13.7. The first-order valence-corrected chi connectivity index (χ1v) is 9.47. The maximum absolute atomic E-state index is 13.0. The summed E-state index contributed by atoms with van der Waals surface area (Å²) in [5.74, 6) is 0.890. The van der Waals surface area contributed by atoms with Crippen LogP contribution in [0.4, 0.5) is 11.8 Å². The molecule has 2 atom stereocenters. The third kappa shape index (κ3) is 2.91. The Labute approximate surface area is 158 Å². The lowest BCUT2D eigenvalue weighted by Gasteiger charge is -2.41. The van der Waals surface area contributed by atoms with Crippen LogP contribution in [-0.4, -0.2) is 41.4 Å². The highest BCUT2D eigenvalue weighted by Crippen LogP contribution is 2.41. The van der Waals surface area contributed by atoms with Crippen molar-refractivity contribution in [3.8, 4) is 11.1 Å². The molecule has 3 heterocycles. The first-order valence-electron chi connectivity index (χ1n) is 9.47. The average Bonchev–Trinajstić information content (AvgIpc) is 2.95. The summed E-state index contributed by atoms with van der Waals surface area (Å²) in [7, 11) is 1.76. The lowest BCUT2D eigenvalue weighted by atomic mass is 9.73. The molecule has 2 aromatic rings. The normalized spacial score (nSPS) is 24.5. The van der Waals surface area contributed by atoms with E-state index >= 15 is 0 Å². The topological polar surface area (TPSA) is 99.4 Å². The fourth-order valence-electron chi connectivity index (χ4n) is 4.39. The van der Waals surface area contributed by atoms with Crippen LogP contribution in [0.15, 0.2) is 35.1 Å². The standard InChI is InChI=1S/C20H27N5O2/c1-13-16(21)20(12-27-13)8-10-25(11-9-20)19-23-17(22)15(18(26)24(19)2)14-6-4-3-5-7-14/h3-7,13,16H,8-12,21-22H2,1-2H3/t13-,16+/m0/s1. The van der Waals surface area contributed by atoms with E-state index in [0.29, 0.717) is 18.1 Å². The van der Waals surface area contributed by atoms with E-state index < -0.39 is 0 Å². The highest BCUT2D eigenvalue weighted by atomic mass is 16.5. The van der Waals surface area contributed by atoms with Gasteiger partial charge in [0.05, 0.1) is 18.3 Å². The highest BCUT2D eigenvalue weighted by Gasteiger charge is 2.47. The van der Waals surface area contributed by atoms with Crippen molar-refractivity contribution in [3.05, 3.63) is 40.7 Å². The molecule has 1 aromatic carbocycles. The number of ether oxygens (including phenoxy) is 1. The van der Waals surface area contributed by atoms with Crippen molar-refractivity contribution in [1.29, 1.82) is 0 Å². The molecular weight excluding hydrogens is 342 g/mol. The summed E-state index contributed by atoms with van der Waals surface area (Å²) in [6.45, 7) is 4.33. The monoisotopic (exact) mass is 369 g/mol. The number of hydrogen-bond donors (Lipinski definition) is 2. The second-order valence-corrected chi connectivity index (χ2v) is 7.79. The van der Waals surface area contributed by atoms with Crippen molar-refractivity contribution < 1.29 is 4.74 Å². The van der Waals surface area contributed by atoms with Crippen LogP contribution >= 0.6 is 0 Å². The Hall–Kier alpha value is -2.38. The van der Waals surface area contributed by atoms with Gasteiger partial charge in [-0.25, -0.2) is 0 Å². The van der Waals surface area contributed by atoms with Gasteiger partial charge in [-0.2, -0.15) is 4.98 Å². The number of rotatable bonds is 2. The molecule has 0 aliphatic carbocycles. The number of nitrogen functional groups attached to an aromatic ring is 1. The van der Waals surface area contributed by atoms with Crippen molar-refractivity contribution in [2.45, 2.75) is 31.9 Å². The van der Waals surface area contributed by atoms with Crippen LogP contribution in [0.5, 0.6) is 0 Å². The minimum absolute atomic E-state index is 0.0321. The number of piperidine rings is 1. The summed E-state index contributed by atoms with van der Waals surface area (Å²) in [6.07, 6.45) is 1.95. The molecular formula is C20H27N5O2. The Bertz CT molecular complexity index is 887. The summed E-state index contributed by atoms with van der Waals surface area (Å²) < 4.78 is 7.39. The SMILES string of the molecule is C[C@@H]1OCC2(CCN(c3nc(N)c(-c4ccccc4)c(=O)n3C)CC2)[C@@H]1N. The number of nitrogens with two attached hydrogens (primary N) is 2. The van der Waals surface area contributed by atoms with Gasteiger partial charge in [0.1, 0.15) is 5.82 Å². The molecule has 2 aliphatic heterocycles. The van der Waals surface area contributed by atoms with E-state index in [9.17, 15) is 4.79 Å². The summed E-state index contributed by atoms with van der Waals surface area (Å²) in [6, 6.07) is 9.50. The number of aromatic nitrogens is 2. The maximum Gasteiger partial charge on any atom is 0.264 e. The molecule has 0 unspecified atom stereocenters. The number of benzene rings is 1. The van der Waals surface area contributed by atoms with Gasteiger partial charge in [0.2, 0.25) is 5.95 Å². The molecule has 2 aliphatic rings. The smallest absolute Gasteiger partial charge is 0.264 e. The zero-order valence-electron chi connectivity index (χ0n) is 15.9. The molecule has 7 nitrogen and oxygen atoms in total. The molecule has 1 spiro atoms. The van der Waals surface area contributed by atoms with Crippen LogP contribution in [0.3, 0.4) is 0 Å². The quantitative estimate of drug-likeness (QED) is 0.829. The lowest BCUT2D eigenvalue weighted by Crippen LogP contribution is -2.51. The van der Waals surface area contributed by atoms with Gasteiger partial charge in [0.15, 0.2) is 0 Å². The molecule has 0 radical (unpaired) electrons. The van der Waals surface area contributed by atoms with Gasteiger partial charge < -0.3 is 21.1 Å². The fraction of sp³-hybridized carbons (Fsp3) is 0.500. The van der Waals surface area contributed by atoms with Gasteiger partial charge in [0, 0.05) is 31.6 Å². The Morgan fingerprint density at radius 3 is 2.48 bits per heavy atom. The maximum atomic E-state index is 13.0. The Morgan fingerprint density at radius 1 is 1.22 bits per heavy atom. The first-order chi connectivity index (χ1) is 12.9. The van der Waals surface area contributed by atoms with Crippen LogP contribution in [-0.2, 0) is 11.8 Å². The van der Waals surface area contributed by atoms with Crippen LogP contribution in [0.1, 0.15) is 19.8 Å². The summed E-state index contributed by atoms with van der Waals surface area (Å²) in [4.78, 5) is 19.7. The van der Waals surface area contributed by atoms with Crippen molar-refractivity contribution in [3.63, 3.8) is 0 Å². The van der Waals surface area contributed by atoms with Crippen LogP contribution in [0, 0.1) is 5.41 Å². The lowest BCUT2D eigenvalue weighted by molar-refractivity contribution is 0.0973. The van der Waals surface area contributed by atoms with E-state index in [0.717, 1.165) is 31.5 Å². The van der Waals surface area contributed by atoms with Crippen LogP contribution in [0.25, 0.3) is 11.1 Å². The van der Waals surface area contributed by atoms with E-state index in [1.165, 1.54) is 0 Å². The minimum atomic E-state index is -0.126. The van der Waals surface area contributed by atoms with Crippen molar-refractivity contribution in [2.75, 3.05) is 30.3 Å². The highest BCUT2D eigenvalue weighted by molar-refractivity contribution is 5.73. The number of hydrogen-bond acceptors (Lipinski definition) is 6. The predicted octanol–water partition coefficient (Wildman–Crippen LogP) is 1.36. The largest absolute Gasteiger partial charge is 0.383 e. The van der Waals surface area contributed by atoms with Gasteiger partial charge in [-0.15, -0.1) is 0 Å². The van der Waals surface area contributed by atoms with E-state index in [-0.39, 0.29) is 28.9 Å². The van der Waals surface area contributed by atoms with E-state index in [2.05, 4.69) is 9.88 Å². The molecule has 27 heavy (non-hydrogen) atoms. The van der Waals surface area contributed by atoms with E-state index in [1.54, 1.807) is 11.6 Å². The third-order valence-corrected chi connectivity index (χ3v) is 6.25. The zero-order valence-corrected chi connectivity index (χ0v) is 15.9. The molecule has 4 N–H and O–H groups in total. The zero-order chi connectivity index (χ0) is 19.2. The summed E-state index contributed by atoms with van der Waals surface area (Å²) >= 11 is 0. The predicted molar refractivity (Wildman–Crippen MR) is 107 cm³/mol. The molecule has 0 amide bonds. The van der Waals surface area contributed by atoms with Gasteiger partial charge in [-0.3, -0.25) is 9.36 Å². The molecule has 2 fully saturated rings. The van der Waals surface area contributed by atoms with Crippen molar-refractivity contribution in [1.82, 2.24) is 9.55 Å². The Balaban J connectivity index is 1.62. The molecule has 7 heteroatoms. The Morgan fingerprint density at radius 2 is 1.89 bits per heavy atom. The molecule has 4 rings (SSSR count). The number of nitrogens with zero attached hydrogens (tertiary/aromatic N) is 3. The van der Waals surface area contributed by atoms with Crippen molar-refractivity contribution in [2.24, 2.45) is 18.2 Å². The third-order valence-electron chi connectivity index (χ3n) is 6.25. The average molecular weight is 369 g/mol. The second kappa shape index (κ2) is 6.65. The second-order valence-electron chi connectivity index (χ2n) is 7.79. The van der Waals surface area contributed by atoms with Gasteiger partial charge >= 0.3 is 0 Å². The van der Waals surface area contributed by atoms with E-state index in [4.69, 9.17) is 16.2 Å². The molecule has 1 aromatic heterocycles. The molecule has 2 saturated heterocycles. The molecule has 0 bridgehead atoms. The van der Waals surface area contributed by atoms with Crippen LogP contribution < -0.4 is 21.9 Å². The van der Waals surface area contributed by atoms with Gasteiger partial charge in [-0.05, 0) is 25.3 Å². The van der Waals surface area contributed by atoms with Gasteiger partial charge in [-0.1, -0.05) is 30.3 Å². The summed E-state index contributed by atoms with van der Waals surface area (Å²) in [5, 5.41) is 0. The van der Waals surface area contributed by atoms with Crippen molar-refractivity contribution >= 4 is 11.8 Å². The fourth-order valence-corrected chi connectivity index (χ4v) is 4.39. The molecule has 0 saturated carbocycles. The van der Waals surface area contributed by atoms with Gasteiger partial charge in [0.25, 0.3) is 5.56 Å². The van der Waals surface area contributed by atoms with Crippen LogP contribution in [0.2, 0.25) is 0 Å². The Kier molecular flexibility index (Phi) is 4.44.